The first-order valence-corrected chi connectivity index (χ1v) is 8.47. The Morgan fingerprint density at radius 2 is 1.71 bits per heavy atom. The monoisotopic (exact) mass is 314 g/mol. The van der Waals surface area contributed by atoms with Gasteiger partial charge in [-0.2, -0.15) is 0 Å². The third-order valence-corrected chi connectivity index (χ3v) is 4.10. The lowest BCUT2D eigenvalue weighted by atomic mass is 10.3. The highest BCUT2D eigenvalue weighted by Crippen LogP contribution is 2.15. The second kappa shape index (κ2) is 8.63. The van der Waals surface area contributed by atoms with Crippen molar-refractivity contribution in [1.29, 1.82) is 0 Å². The lowest BCUT2D eigenvalue weighted by Crippen LogP contribution is -2.29. The van der Waals surface area contributed by atoms with Crippen LogP contribution in [0.5, 0.6) is 5.75 Å². The number of carbonyl (C=O) groups is 1. The molecule has 6 nitrogen and oxygen atoms in total. The van der Waals surface area contributed by atoms with E-state index in [1.807, 2.05) is 13.8 Å². The molecule has 1 aromatic carbocycles. The smallest absolute Gasteiger partial charge is 0.257 e. The summed E-state index contributed by atoms with van der Waals surface area (Å²) in [4.78, 5) is 11.6. The predicted molar refractivity (Wildman–Crippen MR) is 80.7 cm³/mol. The van der Waals surface area contributed by atoms with Gasteiger partial charge in [0.15, 0.2) is 6.61 Å². The molecule has 0 radical (unpaired) electrons. The maximum absolute atomic E-state index is 11.9. The van der Waals surface area contributed by atoms with E-state index in [1.54, 1.807) is 0 Å². The van der Waals surface area contributed by atoms with Gasteiger partial charge in [-0.05, 0) is 37.1 Å². The Morgan fingerprint density at radius 3 is 2.29 bits per heavy atom. The molecule has 7 heteroatoms. The fraction of sp³-hybridized carbons (Fsp3) is 0.500. The van der Waals surface area contributed by atoms with Gasteiger partial charge < -0.3 is 10.1 Å². The highest BCUT2D eigenvalue weighted by Gasteiger charge is 2.12. The maximum atomic E-state index is 11.9. The van der Waals surface area contributed by atoms with Gasteiger partial charge in [-0.3, -0.25) is 4.79 Å². The van der Waals surface area contributed by atoms with E-state index in [4.69, 9.17) is 4.74 Å². The molecule has 0 saturated heterocycles. The minimum absolute atomic E-state index is 0.0832. The summed E-state index contributed by atoms with van der Waals surface area (Å²) in [6, 6.07) is 5.98. The first-order chi connectivity index (χ1) is 9.99. The van der Waals surface area contributed by atoms with E-state index in [0.29, 0.717) is 18.8 Å². The van der Waals surface area contributed by atoms with Crippen LogP contribution >= 0.6 is 0 Å². The van der Waals surface area contributed by atoms with Gasteiger partial charge in [-0.25, -0.2) is 13.1 Å². The summed E-state index contributed by atoms with van der Waals surface area (Å²) in [7, 11) is -3.47. The number of nitrogens with one attached hydrogen (secondary N) is 2. The van der Waals surface area contributed by atoms with Crippen LogP contribution in [0.25, 0.3) is 0 Å². The summed E-state index contributed by atoms with van der Waals surface area (Å²) in [5.41, 5.74) is 0. The van der Waals surface area contributed by atoms with E-state index in [9.17, 15) is 13.2 Å². The molecule has 0 unspecified atom stereocenters. The van der Waals surface area contributed by atoms with Gasteiger partial charge in [0.2, 0.25) is 10.0 Å². The summed E-state index contributed by atoms with van der Waals surface area (Å²) < 4.78 is 31.5. The molecule has 0 aromatic heterocycles. The van der Waals surface area contributed by atoms with E-state index < -0.39 is 10.0 Å². The summed E-state index contributed by atoms with van der Waals surface area (Å²) in [6.45, 7) is 4.79. The van der Waals surface area contributed by atoms with Crippen molar-refractivity contribution < 1.29 is 17.9 Å². The van der Waals surface area contributed by atoms with Crippen LogP contribution in [0.3, 0.4) is 0 Å². The van der Waals surface area contributed by atoms with Crippen molar-refractivity contribution in [2.45, 2.75) is 31.6 Å². The van der Waals surface area contributed by atoms with Crippen molar-refractivity contribution >= 4 is 15.9 Å². The molecule has 1 aromatic rings. The van der Waals surface area contributed by atoms with Gasteiger partial charge >= 0.3 is 0 Å². The Labute approximate surface area is 125 Å². The Kier molecular flexibility index (Phi) is 7.18. The molecule has 0 aliphatic carbocycles. The largest absolute Gasteiger partial charge is 0.484 e. The number of ether oxygens (including phenoxy) is 1. The number of rotatable bonds is 9. The normalized spacial score (nSPS) is 11.1. The molecule has 0 fully saturated rings. The molecule has 0 heterocycles. The molecule has 0 bridgehead atoms. The number of sulfonamides is 1. The second-order valence-electron chi connectivity index (χ2n) is 4.51. The molecule has 0 atom stereocenters. The van der Waals surface area contributed by atoms with Gasteiger partial charge in [-0.1, -0.05) is 13.8 Å². The molecule has 0 aliphatic rings. The molecule has 0 aliphatic heterocycles. The number of hydrogen-bond acceptors (Lipinski definition) is 4. The number of carbonyl (C=O) groups excluding carboxylic acids is 1. The average Bonchev–Trinajstić information content (AvgIpc) is 2.49. The molecule has 1 rings (SSSR count). The third kappa shape index (κ3) is 6.14. The minimum Gasteiger partial charge on any atom is -0.484 e. The summed E-state index contributed by atoms with van der Waals surface area (Å²) >= 11 is 0. The summed E-state index contributed by atoms with van der Waals surface area (Å²) in [5, 5.41) is 2.69. The van der Waals surface area contributed by atoms with Gasteiger partial charge in [0.05, 0.1) is 4.90 Å². The van der Waals surface area contributed by atoms with E-state index >= 15 is 0 Å². The molecule has 118 valence electrons. The van der Waals surface area contributed by atoms with Crippen LogP contribution in [0.2, 0.25) is 0 Å². The molecule has 21 heavy (non-hydrogen) atoms. The average molecular weight is 314 g/mol. The fourth-order valence-electron chi connectivity index (χ4n) is 1.50. The Hall–Kier alpha value is -1.60. The van der Waals surface area contributed by atoms with Gasteiger partial charge in [-0.15, -0.1) is 0 Å². The lowest BCUT2D eigenvalue weighted by molar-refractivity contribution is -0.123. The van der Waals surface area contributed by atoms with E-state index in [-0.39, 0.29) is 17.4 Å². The van der Waals surface area contributed by atoms with E-state index in [0.717, 1.165) is 12.8 Å². The van der Waals surface area contributed by atoms with Crippen molar-refractivity contribution in [2.75, 3.05) is 19.7 Å². The minimum atomic E-state index is -3.47. The first kappa shape index (κ1) is 17.5. The Bertz CT molecular complexity index is 541. The maximum Gasteiger partial charge on any atom is 0.257 e. The lowest BCUT2D eigenvalue weighted by Gasteiger charge is -2.08. The molecule has 1 amide bonds. The van der Waals surface area contributed by atoms with Crippen LogP contribution in [0.15, 0.2) is 29.2 Å². The van der Waals surface area contributed by atoms with Gasteiger partial charge in [0.25, 0.3) is 5.91 Å². The zero-order chi connectivity index (χ0) is 15.7. The predicted octanol–water partition coefficient (Wildman–Crippen LogP) is 1.28. The van der Waals surface area contributed by atoms with Crippen LogP contribution in [-0.4, -0.2) is 34.0 Å². The summed E-state index contributed by atoms with van der Waals surface area (Å²) in [5.74, 6) is 0.259. The number of hydrogen-bond donors (Lipinski definition) is 2. The van der Waals surface area contributed by atoms with Gasteiger partial charge in [0.1, 0.15) is 5.75 Å². The standard InChI is InChI=1S/C14H22N2O4S/c1-3-9-15-14(17)11-20-12-5-7-13(8-6-12)21(18,19)16-10-4-2/h5-8,16H,3-4,9-11H2,1-2H3,(H,15,17). The highest BCUT2D eigenvalue weighted by atomic mass is 32.2. The number of amides is 1. The van der Waals surface area contributed by atoms with Crippen molar-refractivity contribution in [2.24, 2.45) is 0 Å². The van der Waals surface area contributed by atoms with E-state index in [1.165, 1.54) is 24.3 Å². The fourth-order valence-corrected chi connectivity index (χ4v) is 2.63. The molecule has 0 spiro atoms. The third-order valence-electron chi connectivity index (χ3n) is 2.62. The SMILES string of the molecule is CCCNC(=O)COc1ccc(S(=O)(=O)NCCC)cc1. The van der Waals surface area contributed by atoms with Crippen LogP contribution in [0, 0.1) is 0 Å². The van der Waals surface area contributed by atoms with Crippen LogP contribution in [0.1, 0.15) is 26.7 Å². The van der Waals surface area contributed by atoms with Gasteiger partial charge in [0, 0.05) is 13.1 Å². The molecular weight excluding hydrogens is 292 g/mol. The second-order valence-corrected chi connectivity index (χ2v) is 6.27. The molecule has 0 saturated carbocycles. The van der Waals surface area contributed by atoms with Crippen LogP contribution in [-0.2, 0) is 14.8 Å². The topological polar surface area (TPSA) is 84.5 Å². The van der Waals surface area contributed by atoms with Crippen molar-refractivity contribution in [3.8, 4) is 5.75 Å². The van der Waals surface area contributed by atoms with Crippen molar-refractivity contribution in [3.63, 3.8) is 0 Å². The molecule has 2 N–H and O–H groups in total. The first-order valence-electron chi connectivity index (χ1n) is 6.98. The van der Waals surface area contributed by atoms with Crippen LogP contribution in [0.4, 0.5) is 0 Å². The van der Waals surface area contributed by atoms with Crippen LogP contribution < -0.4 is 14.8 Å². The quantitative estimate of drug-likeness (QED) is 0.719. The molecular formula is C14H22N2O4S. The van der Waals surface area contributed by atoms with Crippen molar-refractivity contribution in [1.82, 2.24) is 10.0 Å². The Balaban J connectivity index is 2.56. The Morgan fingerprint density at radius 1 is 1.10 bits per heavy atom. The summed E-state index contributed by atoms with van der Waals surface area (Å²) in [6.07, 6.45) is 1.59. The van der Waals surface area contributed by atoms with E-state index in [2.05, 4.69) is 10.0 Å². The zero-order valence-electron chi connectivity index (χ0n) is 12.4. The van der Waals surface area contributed by atoms with Crippen molar-refractivity contribution in [3.05, 3.63) is 24.3 Å². The number of benzene rings is 1. The zero-order valence-corrected chi connectivity index (χ0v) is 13.2. The highest BCUT2D eigenvalue weighted by molar-refractivity contribution is 7.89.